The first-order valence-electron chi connectivity index (χ1n) is 11.5. The summed E-state index contributed by atoms with van der Waals surface area (Å²) >= 11 is 0. The van der Waals surface area contributed by atoms with Gasteiger partial charge in [-0.05, 0) is 24.3 Å². The lowest BCUT2D eigenvalue weighted by atomic mass is 10.1. The van der Waals surface area contributed by atoms with Crippen LogP contribution in [-0.2, 0) is 9.47 Å². The van der Waals surface area contributed by atoms with Gasteiger partial charge in [-0.25, -0.2) is 19.6 Å². The Morgan fingerprint density at radius 2 is 1.35 bits per heavy atom. The molecular weight excluding hydrogens is 472 g/mol. The van der Waals surface area contributed by atoms with Gasteiger partial charge in [-0.3, -0.25) is 9.36 Å². The molecule has 1 N–H and O–H groups in total. The molecule has 0 amide bonds. The van der Waals surface area contributed by atoms with Crippen molar-refractivity contribution < 1.29 is 23.9 Å². The summed E-state index contributed by atoms with van der Waals surface area (Å²) in [5, 5.41) is 2.99. The number of esters is 2. The van der Waals surface area contributed by atoms with Crippen molar-refractivity contribution in [2.45, 2.75) is 6.92 Å². The zero-order valence-electron chi connectivity index (χ0n) is 20.2. The minimum absolute atomic E-state index is 0.0472. The van der Waals surface area contributed by atoms with Crippen LogP contribution in [0.2, 0.25) is 0 Å². The molecule has 0 spiro atoms. The number of rotatable bonds is 3. The molecule has 0 atom stereocenters. The van der Waals surface area contributed by atoms with Crippen LogP contribution >= 0.6 is 0 Å². The molecule has 0 aliphatic rings. The van der Waals surface area contributed by atoms with Gasteiger partial charge in [-0.15, -0.1) is 0 Å². The van der Waals surface area contributed by atoms with Gasteiger partial charge in [0.2, 0.25) is 5.91 Å². The third-order valence-corrected chi connectivity index (χ3v) is 6.48. The lowest BCUT2D eigenvalue weighted by Crippen LogP contribution is -2.11. The largest absolute Gasteiger partial charge is 0.464 e. The highest BCUT2D eigenvalue weighted by Crippen LogP contribution is 2.39. The first-order chi connectivity index (χ1) is 17.9. The normalized spacial score (nSPS) is 11.4. The van der Waals surface area contributed by atoms with E-state index in [-0.39, 0.29) is 23.0 Å². The van der Waals surface area contributed by atoms with Crippen LogP contribution in [0.25, 0.3) is 55.0 Å². The van der Waals surface area contributed by atoms with E-state index < -0.39 is 11.9 Å². The zero-order valence-corrected chi connectivity index (χ0v) is 20.2. The predicted octanol–water partition coefficient (Wildman–Crippen LogP) is 5.12. The Balaban J connectivity index is 1.86. The molecular formula is C28H20N4O5. The van der Waals surface area contributed by atoms with E-state index in [2.05, 4.69) is 15.0 Å². The molecule has 0 fully saturated rings. The van der Waals surface area contributed by atoms with Crippen molar-refractivity contribution in [3.8, 4) is 11.4 Å². The van der Waals surface area contributed by atoms with Crippen molar-refractivity contribution in [2.24, 2.45) is 0 Å². The third kappa shape index (κ3) is 3.28. The van der Waals surface area contributed by atoms with E-state index in [1.165, 1.54) is 21.1 Å². The summed E-state index contributed by atoms with van der Waals surface area (Å²) in [4.78, 5) is 51.0. The molecule has 0 saturated carbocycles. The molecule has 4 heterocycles. The smallest absolute Gasteiger partial charge is 0.356 e. The fourth-order valence-electron chi connectivity index (χ4n) is 4.91. The lowest BCUT2D eigenvalue weighted by molar-refractivity contribution is 0.0585. The van der Waals surface area contributed by atoms with E-state index >= 15 is 0 Å². The van der Waals surface area contributed by atoms with Gasteiger partial charge < -0.3 is 14.5 Å². The number of benzene rings is 2. The van der Waals surface area contributed by atoms with Crippen LogP contribution < -0.4 is 0 Å². The summed E-state index contributed by atoms with van der Waals surface area (Å²) in [7, 11) is 2.56. The Morgan fingerprint density at radius 1 is 0.757 bits per heavy atom. The van der Waals surface area contributed by atoms with Crippen LogP contribution in [0, 0.1) is 0 Å². The Bertz CT molecular complexity index is 1930. The van der Waals surface area contributed by atoms with E-state index in [1.54, 1.807) is 16.7 Å². The zero-order chi connectivity index (χ0) is 25.8. The lowest BCUT2D eigenvalue weighted by Gasteiger charge is -2.11. The molecule has 9 nitrogen and oxygen atoms in total. The number of aromatic amines is 1. The SMILES string of the molecule is COC(=O)c1cc2c([nH]c3ccccc32)c(-c2nc(C(=O)OC)cc3c4ccccc4n(C(C)=O)c23)n1. The number of para-hydroxylation sites is 2. The molecule has 6 aromatic rings. The van der Waals surface area contributed by atoms with E-state index in [1.807, 2.05) is 48.5 Å². The second-order valence-electron chi connectivity index (χ2n) is 8.56. The average molecular weight is 492 g/mol. The second kappa shape index (κ2) is 8.27. The van der Waals surface area contributed by atoms with Crippen LogP contribution in [0.5, 0.6) is 0 Å². The quantitative estimate of drug-likeness (QED) is 0.341. The van der Waals surface area contributed by atoms with Crippen LogP contribution in [0.1, 0.15) is 32.7 Å². The first kappa shape index (κ1) is 22.4. The van der Waals surface area contributed by atoms with Crippen molar-refractivity contribution in [1.29, 1.82) is 0 Å². The summed E-state index contributed by atoms with van der Waals surface area (Å²) in [6.07, 6.45) is 0. The Morgan fingerprint density at radius 3 is 2.03 bits per heavy atom. The number of pyridine rings is 2. The number of methoxy groups -OCH3 is 2. The number of nitrogens with zero attached hydrogens (tertiary/aromatic N) is 3. The highest BCUT2D eigenvalue weighted by molar-refractivity contribution is 6.20. The standard InChI is InChI=1S/C28H20N4O5/c1-14(33)32-22-11-7-5-9-16(22)18-13-21(28(35)37-3)31-25(26(18)32)24-23-17(12-20(30-24)27(34)36-2)15-8-4-6-10-19(15)29-23/h4-13,29H,1-3H3. The molecule has 0 radical (unpaired) electrons. The second-order valence-corrected chi connectivity index (χ2v) is 8.56. The molecule has 0 aliphatic carbocycles. The van der Waals surface area contributed by atoms with Crippen molar-refractivity contribution in [3.63, 3.8) is 0 Å². The maximum Gasteiger partial charge on any atom is 0.356 e. The minimum Gasteiger partial charge on any atom is -0.464 e. The van der Waals surface area contributed by atoms with Crippen LogP contribution in [0.4, 0.5) is 0 Å². The average Bonchev–Trinajstić information content (AvgIpc) is 3.47. The molecule has 0 saturated heterocycles. The maximum absolute atomic E-state index is 13.0. The number of carbonyl (C=O) groups is 3. The van der Waals surface area contributed by atoms with Gasteiger partial charge in [0.25, 0.3) is 0 Å². The molecule has 182 valence electrons. The summed E-state index contributed by atoms with van der Waals surface area (Å²) < 4.78 is 11.5. The third-order valence-electron chi connectivity index (χ3n) is 6.48. The summed E-state index contributed by atoms with van der Waals surface area (Å²) in [5.74, 6) is -1.50. The van der Waals surface area contributed by atoms with Gasteiger partial charge in [0.05, 0.1) is 30.8 Å². The number of H-pyrrole nitrogens is 1. The number of hydrogen-bond donors (Lipinski definition) is 1. The van der Waals surface area contributed by atoms with E-state index in [0.717, 1.165) is 21.7 Å². The Labute approximate surface area is 209 Å². The number of fused-ring (bicyclic) bond motifs is 6. The molecule has 0 unspecified atom stereocenters. The van der Waals surface area contributed by atoms with Crippen LogP contribution in [0.3, 0.4) is 0 Å². The Hall–Kier alpha value is -5.05. The van der Waals surface area contributed by atoms with Crippen LogP contribution in [-0.4, -0.2) is 51.6 Å². The summed E-state index contributed by atoms with van der Waals surface area (Å²) in [5.41, 5.74) is 3.23. The van der Waals surface area contributed by atoms with Crippen molar-refractivity contribution in [1.82, 2.24) is 19.5 Å². The molecule has 0 bridgehead atoms. The Kier molecular flexibility index (Phi) is 5.01. The molecule has 2 aromatic carbocycles. The molecule has 9 heteroatoms. The topological polar surface area (TPSA) is 116 Å². The minimum atomic E-state index is -0.639. The van der Waals surface area contributed by atoms with Gasteiger partial charge in [0, 0.05) is 34.0 Å². The maximum atomic E-state index is 13.0. The molecule has 4 aromatic heterocycles. The van der Waals surface area contributed by atoms with Gasteiger partial charge >= 0.3 is 11.9 Å². The van der Waals surface area contributed by atoms with Gasteiger partial charge in [-0.2, -0.15) is 0 Å². The van der Waals surface area contributed by atoms with E-state index in [0.29, 0.717) is 27.6 Å². The number of hydrogen-bond acceptors (Lipinski definition) is 7. The van der Waals surface area contributed by atoms with E-state index in [4.69, 9.17) is 9.47 Å². The number of nitrogens with one attached hydrogen (secondary N) is 1. The van der Waals surface area contributed by atoms with Crippen molar-refractivity contribution in [3.05, 3.63) is 72.1 Å². The summed E-state index contributed by atoms with van der Waals surface area (Å²) in [6.45, 7) is 1.46. The van der Waals surface area contributed by atoms with Gasteiger partial charge in [-0.1, -0.05) is 36.4 Å². The van der Waals surface area contributed by atoms with Gasteiger partial charge in [0.15, 0.2) is 0 Å². The molecule has 37 heavy (non-hydrogen) atoms. The number of aromatic nitrogens is 4. The summed E-state index contributed by atoms with van der Waals surface area (Å²) in [6, 6.07) is 18.3. The van der Waals surface area contributed by atoms with Crippen molar-refractivity contribution in [2.75, 3.05) is 14.2 Å². The monoisotopic (exact) mass is 492 g/mol. The fourth-order valence-corrected chi connectivity index (χ4v) is 4.91. The number of ether oxygens (including phenoxy) is 2. The predicted molar refractivity (Wildman–Crippen MR) is 139 cm³/mol. The number of carbonyl (C=O) groups excluding carboxylic acids is 3. The molecule has 0 aliphatic heterocycles. The van der Waals surface area contributed by atoms with Gasteiger partial charge in [0.1, 0.15) is 22.8 Å². The fraction of sp³-hybridized carbons (Fsp3) is 0.107. The van der Waals surface area contributed by atoms with E-state index in [9.17, 15) is 14.4 Å². The highest BCUT2D eigenvalue weighted by Gasteiger charge is 2.26. The first-order valence-corrected chi connectivity index (χ1v) is 11.5. The molecule has 6 rings (SSSR count). The van der Waals surface area contributed by atoms with Crippen molar-refractivity contribution >= 4 is 61.5 Å². The highest BCUT2D eigenvalue weighted by atomic mass is 16.5. The van der Waals surface area contributed by atoms with Crippen LogP contribution in [0.15, 0.2) is 60.7 Å².